The normalized spacial score (nSPS) is 13.0. The molecule has 0 aliphatic heterocycles. The molecule has 0 bridgehead atoms. The number of hydrogen-bond acceptors (Lipinski definition) is 1. The second-order valence-corrected chi connectivity index (χ2v) is 2.03. The van der Waals surface area contributed by atoms with Gasteiger partial charge < -0.3 is 5.32 Å². The monoisotopic (exact) mass is 139 g/mol. The summed E-state index contributed by atoms with van der Waals surface area (Å²) in [6, 6.07) is 0.0451. The molecule has 0 aromatic rings. The van der Waals surface area contributed by atoms with Crippen LogP contribution in [0.1, 0.15) is 13.8 Å². The van der Waals surface area contributed by atoms with Gasteiger partial charge in [0.05, 0.1) is 0 Å². The van der Waals surface area contributed by atoms with Gasteiger partial charge in [-0.15, -0.1) is 6.58 Å². The van der Waals surface area contributed by atoms with Gasteiger partial charge in [0.15, 0.2) is 0 Å². The van der Waals surface area contributed by atoms with Crippen molar-refractivity contribution in [1.29, 1.82) is 0 Å². The van der Waals surface area contributed by atoms with Crippen LogP contribution in [-0.4, -0.2) is 11.9 Å². The molecule has 0 saturated heterocycles. The van der Waals surface area contributed by atoms with E-state index in [0.717, 1.165) is 0 Å². The molecule has 0 aliphatic rings. The predicted octanol–water partition coefficient (Wildman–Crippen LogP) is 1.25. The maximum Gasteiger partial charge on any atom is 0.244 e. The van der Waals surface area contributed by atoms with Crippen LogP contribution in [0.15, 0.2) is 24.8 Å². The first-order valence-electron chi connectivity index (χ1n) is 3.26. The minimum atomic E-state index is -0.0742. The van der Waals surface area contributed by atoms with Gasteiger partial charge in [-0.1, -0.05) is 12.2 Å². The summed E-state index contributed by atoms with van der Waals surface area (Å²) >= 11 is 0. The van der Waals surface area contributed by atoms with E-state index < -0.39 is 0 Å². The average molecular weight is 139 g/mol. The molecule has 10 heavy (non-hydrogen) atoms. The zero-order chi connectivity index (χ0) is 7.98. The number of amides is 1. The van der Waals surface area contributed by atoms with Gasteiger partial charge in [0.25, 0.3) is 0 Å². The van der Waals surface area contributed by atoms with Crippen LogP contribution in [0.4, 0.5) is 0 Å². The molecule has 0 aromatic carbocycles. The van der Waals surface area contributed by atoms with Crippen molar-refractivity contribution in [1.82, 2.24) is 5.32 Å². The maximum atomic E-state index is 10.8. The van der Waals surface area contributed by atoms with E-state index in [1.54, 1.807) is 19.1 Å². The van der Waals surface area contributed by atoms with Crippen LogP contribution in [-0.2, 0) is 4.79 Å². The van der Waals surface area contributed by atoms with Crippen molar-refractivity contribution < 1.29 is 4.79 Å². The first kappa shape index (κ1) is 8.95. The summed E-state index contributed by atoms with van der Waals surface area (Å²) in [5.74, 6) is -0.0742. The van der Waals surface area contributed by atoms with Crippen molar-refractivity contribution in [3.05, 3.63) is 24.8 Å². The minimum Gasteiger partial charge on any atom is -0.347 e. The van der Waals surface area contributed by atoms with Crippen molar-refractivity contribution in [3.8, 4) is 0 Å². The van der Waals surface area contributed by atoms with Crippen LogP contribution in [0.3, 0.4) is 0 Å². The molecular formula is C8H13NO. The molecule has 0 spiro atoms. The van der Waals surface area contributed by atoms with E-state index in [0.29, 0.717) is 0 Å². The van der Waals surface area contributed by atoms with Crippen LogP contribution in [0.5, 0.6) is 0 Å². The molecule has 0 aromatic heterocycles. The van der Waals surface area contributed by atoms with E-state index >= 15 is 0 Å². The lowest BCUT2D eigenvalue weighted by Gasteiger charge is -2.04. The van der Waals surface area contributed by atoms with E-state index in [2.05, 4.69) is 11.9 Å². The second-order valence-electron chi connectivity index (χ2n) is 2.03. The van der Waals surface area contributed by atoms with Crippen LogP contribution in [0.25, 0.3) is 0 Å². The SMILES string of the molecule is C=CC(C)NC(=O)/C=C/C. The standard InChI is InChI=1S/C8H13NO/c1-4-6-8(10)9-7(3)5-2/h4-7H,2H2,1,3H3,(H,9,10)/b6-4+. The molecule has 1 atom stereocenters. The van der Waals surface area contributed by atoms with E-state index in [9.17, 15) is 4.79 Å². The molecule has 2 heteroatoms. The van der Waals surface area contributed by atoms with Gasteiger partial charge in [0.2, 0.25) is 5.91 Å². The number of hydrogen-bond donors (Lipinski definition) is 1. The molecule has 0 aliphatic carbocycles. The number of rotatable bonds is 3. The quantitative estimate of drug-likeness (QED) is 0.462. The lowest BCUT2D eigenvalue weighted by atomic mass is 10.3. The molecule has 56 valence electrons. The third-order valence-electron chi connectivity index (χ3n) is 1.04. The number of nitrogens with one attached hydrogen (secondary N) is 1. The van der Waals surface area contributed by atoms with E-state index in [1.807, 2.05) is 6.92 Å². The topological polar surface area (TPSA) is 29.1 Å². The minimum absolute atomic E-state index is 0.0451. The summed E-state index contributed by atoms with van der Waals surface area (Å²) in [6.45, 7) is 7.21. The molecule has 0 radical (unpaired) electrons. The highest BCUT2D eigenvalue weighted by Crippen LogP contribution is 1.81. The summed E-state index contributed by atoms with van der Waals surface area (Å²) in [6.07, 6.45) is 4.87. The summed E-state index contributed by atoms with van der Waals surface area (Å²) in [5.41, 5.74) is 0. The fraction of sp³-hybridized carbons (Fsp3) is 0.375. The molecule has 1 N–H and O–H groups in total. The lowest BCUT2D eigenvalue weighted by molar-refractivity contribution is -0.116. The zero-order valence-electron chi connectivity index (χ0n) is 6.42. The van der Waals surface area contributed by atoms with Crippen molar-refractivity contribution in [2.24, 2.45) is 0 Å². The van der Waals surface area contributed by atoms with Gasteiger partial charge in [-0.2, -0.15) is 0 Å². The lowest BCUT2D eigenvalue weighted by Crippen LogP contribution is -2.29. The fourth-order valence-electron chi connectivity index (χ4n) is 0.483. The Morgan fingerprint density at radius 2 is 2.30 bits per heavy atom. The Balaban J connectivity index is 3.67. The first-order chi connectivity index (χ1) is 4.70. The molecule has 0 heterocycles. The van der Waals surface area contributed by atoms with E-state index in [1.165, 1.54) is 6.08 Å². The van der Waals surface area contributed by atoms with Gasteiger partial charge >= 0.3 is 0 Å². The molecule has 0 saturated carbocycles. The summed E-state index contributed by atoms with van der Waals surface area (Å²) in [7, 11) is 0. The van der Waals surface area contributed by atoms with Gasteiger partial charge in [0, 0.05) is 6.04 Å². The largest absolute Gasteiger partial charge is 0.347 e. The number of carbonyl (C=O) groups is 1. The second kappa shape index (κ2) is 4.79. The number of carbonyl (C=O) groups excluding carboxylic acids is 1. The van der Waals surface area contributed by atoms with Crippen molar-refractivity contribution in [3.63, 3.8) is 0 Å². The Bertz CT molecular complexity index is 149. The van der Waals surface area contributed by atoms with Crippen LogP contribution < -0.4 is 5.32 Å². The zero-order valence-corrected chi connectivity index (χ0v) is 6.42. The Morgan fingerprint density at radius 1 is 1.70 bits per heavy atom. The molecule has 0 fully saturated rings. The van der Waals surface area contributed by atoms with Gasteiger partial charge in [-0.25, -0.2) is 0 Å². The van der Waals surface area contributed by atoms with Gasteiger partial charge in [0.1, 0.15) is 0 Å². The third-order valence-corrected chi connectivity index (χ3v) is 1.04. The van der Waals surface area contributed by atoms with E-state index in [-0.39, 0.29) is 11.9 Å². The van der Waals surface area contributed by atoms with Crippen LogP contribution in [0.2, 0.25) is 0 Å². The maximum absolute atomic E-state index is 10.8. The average Bonchev–Trinajstić information content (AvgIpc) is 1.88. The van der Waals surface area contributed by atoms with Crippen molar-refractivity contribution >= 4 is 5.91 Å². The first-order valence-corrected chi connectivity index (χ1v) is 3.26. The van der Waals surface area contributed by atoms with Gasteiger partial charge in [-0.05, 0) is 19.9 Å². The van der Waals surface area contributed by atoms with Crippen LogP contribution in [0, 0.1) is 0 Å². The molecule has 0 rings (SSSR count). The smallest absolute Gasteiger partial charge is 0.244 e. The number of allylic oxidation sites excluding steroid dienone is 1. The molecule has 2 nitrogen and oxygen atoms in total. The Morgan fingerprint density at radius 3 is 2.70 bits per heavy atom. The molecule has 1 amide bonds. The van der Waals surface area contributed by atoms with Crippen molar-refractivity contribution in [2.45, 2.75) is 19.9 Å². The third kappa shape index (κ3) is 3.89. The molecule has 1 unspecified atom stereocenters. The highest BCUT2D eigenvalue weighted by molar-refractivity contribution is 5.87. The van der Waals surface area contributed by atoms with Gasteiger partial charge in [-0.3, -0.25) is 4.79 Å². The summed E-state index contributed by atoms with van der Waals surface area (Å²) in [5, 5.41) is 2.69. The Labute approximate surface area is 61.6 Å². The highest BCUT2D eigenvalue weighted by atomic mass is 16.1. The highest BCUT2D eigenvalue weighted by Gasteiger charge is 1.96. The Hall–Kier alpha value is -1.05. The van der Waals surface area contributed by atoms with E-state index in [4.69, 9.17) is 0 Å². The summed E-state index contributed by atoms with van der Waals surface area (Å²) < 4.78 is 0. The molecular weight excluding hydrogens is 126 g/mol. The summed E-state index contributed by atoms with van der Waals surface area (Å²) in [4.78, 5) is 10.8. The van der Waals surface area contributed by atoms with Crippen molar-refractivity contribution in [2.75, 3.05) is 0 Å². The predicted molar refractivity (Wildman–Crippen MR) is 42.6 cm³/mol. The Kier molecular flexibility index (Phi) is 4.29. The fourth-order valence-corrected chi connectivity index (χ4v) is 0.483. The van der Waals surface area contributed by atoms with Crippen LogP contribution >= 0.6 is 0 Å².